The van der Waals surface area contributed by atoms with Crippen LogP contribution in [-0.4, -0.2) is 23.9 Å². The Morgan fingerprint density at radius 2 is 1.83 bits per heavy atom. The fourth-order valence-electron chi connectivity index (χ4n) is 2.04. The van der Waals surface area contributed by atoms with Crippen LogP contribution in [0.1, 0.15) is 18.1 Å². The van der Waals surface area contributed by atoms with Crippen LogP contribution in [0.2, 0.25) is 5.02 Å². The molecule has 0 aliphatic carbocycles. The zero-order chi connectivity index (χ0) is 17.4. The Balaban J connectivity index is 2.32. The summed E-state index contributed by atoms with van der Waals surface area (Å²) in [6.45, 7) is 2.29. The number of hydrogen-bond donors (Lipinski definition) is 1. The molecule has 0 atom stereocenters. The number of carbonyl (C=O) groups is 1. The molecule has 4 nitrogen and oxygen atoms in total. The highest BCUT2D eigenvalue weighted by atomic mass is 35.5. The van der Waals surface area contributed by atoms with Crippen LogP contribution < -0.4 is 0 Å². The van der Waals surface area contributed by atoms with Crippen molar-refractivity contribution >= 4 is 29.5 Å². The SMILES string of the molecule is CCOC(=O)C(C=NCc1ccccc1)=C(O)c1ccccc1Cl. The van der Waals surface area contributed by atoms with Gasteiger partial charge in [-0.05, 0) is 24.6 Å². The summed E-state index contributed by atoms with van der Waals surface area (Å²) in [5.74, 6) is -0.900. The van der Waals surface area contributed by atoms with E-state index < -0.39 is 5.97 Å². The van der Waals surface area contributed by atoms with Gasteiger partial charge in [-0.15, -0.1) is 0 Å². The van der Waals surface area contributed by atoms with Crippen LogP contribution in [0.3, 0.4) is 0 Å². The zero-order valence-corrected chi connectivity index (χ0v) is 14.0. The summed E-state index contributed by atoms with van der Waals surface area (Å²) in [7, 11) is 0. The third-order valence-corrected chi connectivity index (χ3v) is 3.55. The Hall–Kier alpha value is -2.59. The van der Waals surface area contributed by atoms with Gasteiger partial charge in [-0.2, -0.15) is 0 Å². The normalized spacial score (nSPS) is 12.1. The molecule has 5 heteroatoms. The molecule has 0 spiro atoms. The molecule has 0 bridgehead atoms. The smallest absolute Gasteiger partial charge is 0.343 e. The van der Waals surface area contributed by atoms with Gasteiger partial charge in [0.25, 0.3) is 0 Å². The Kier molecular flexibility index (Phi) is 6.58. The third-order valence-electron chi connectivity index (χ3n) is 3.22. The van der Waals surface area contributed by atoms with Crippen molar-refractivity contribution in [3.63, 3.8) is 0 Å². The van der Waals surface area contributed by atoms with Gasteiger partial charge in [-0.1, -0.05) is 54.1 Å². The van der Waals surface area contributed by atoms with Crippen molar-refractivity contribution in [3.8, 4) is 0 Å². The first-order valence-corrected chi connectivity index (χ1v) is 7.90. The molecule has 0 unspecified atom stereocenters. The van der Waals surface area contributed by atoms with Gasteiger partial charge in [0, 0.05) is 11.8 Å². The maximum atomic E-state index is 12.1. The first-order chi connectivity index (χ1) is 11.6. The van der Waals surface area contributed by atoms with Crippen LogP contribution in [0, 0.1) is 0 Å². The number of hydrogen-bond acceptors (Lipinski definition) is 4. The summed E-state index contributed by atoms with van der Waals surface area (Å²) < 4.78 is 5.00. The quantitative estimate of drug-likeness (QED) is 0.365. The molecule has 0 aromatic heterocycles. The molecule has 0 amide bonds. The van der Waals surface area contributed by atoms with Crippen LogP contribution in [0.15, 0.2) is 65.2 Å². The highest BCUT2D eigenvalue weighted by Crippen LogP contribution is 2.24. The molecule has 2 aromatic carbocycles. The number of ether oxygens (including phenoxy) is 1. The average Bonchev–Trinajstić information content (AvgIpc) is 2.60. The van der Waals surface area contributed by atoms with Crippen LogP contribution in [0.4, 0.5) is 0 Å². The van der Waals surface area contributed by atoms with Gasteiger partial charge >= 0.3 is 5.97 Å². The predicted molar refractivity (Wildman–Crippen MR) is 96.3 cm³/mol. The number of aliphatic hydroxyl groups excluding tert-OH is 1. The van der Waals surface area contributed by atoms with Crippen LogP contribution in [0.5, 0.6) is 0 Å². The van der Waals surface area contributed by atoms with Gasteiger partial charge in [-0.3, -0.25) is 4.99 Å². The Labute approximate surface area is 146 Å². The molecular formula is C19H18ClNO3. The Morgan fingerprint density at radius 3 is 2.50 bits per heavy atom. The fourth-order valence-corrected chi connectivity index (χ4v) is 2.27. The largest absolute Gasteiger partial charge is 0.506 e. The van der Waals surface area contributed by atoms with E-state index in [1.165, 1.54) is 6.21 Å². The second-order valence-electron chi connectivity index (χ2n) is 4.92. The number of rotatable bonds is 6. The molecule has 0 fully saturated rings. The standard InChI is InChI=1S/C19H18ClNO3/c1-2-24-19(23)16(13-21-12-14-8-4-3-5-9-14)18(22)15-10-6-7-11-17(15)20/h3-11,13,22H,2,12H2,1H3. The second kappa shape index (κ2) is 8.89. The van der Waals surface area contributed by atoms with Crippen LogP contribution in [-0.2, 0) is 16.1 Å². The second-order valence-corrected chi connectivity index (χ2v) is 5.33. The van der Waals surface area contributed by atoms with Crippen molar-refractivity contribution in [2.75, 3.05) is 6.61 Å². The molecule has 0 aliphatic rings. The molecule has 0 radical (unpaired) electrons. The topological polar surface area (TPSA) is 58.9 Å². The van der Waals surface area contributed by atoms with E-state index in [1.807, 2.05) is 30.3 Å². The van der Waals surface area contributed by atoms with Crippen molar-refractivity contribution in [2.45, 2.75) is 13.5 Å². The Bertz CT molecular complexity index is 754. The molecule has 2 rings (SSSR count). The van der Waals surface area contributed by atoms with Crippen molar-refractivity contribution in [1.29, 1.82) is 0 Å². The van der Waals surface area contributed by atoms with E-state index in [4.69, 9.17) is 16.3 Å². The molecule has 0 saturated heterocycles. The molecule has 24 heavy (non-hydrogen) atoms. The fraction of sp³-hybridized carbons (Fsp3) is 0.158. The first-order valence-electron chi connectivity index (χ1n) is 7.52. The van der Waals surface area contributed by atoms with E-state index in [1.54, 1.807) is 31.2 Å². The maximum Gasteiger partial charge on any atom is 0.343 e. The summed E-state index contributed by atoms with van der Waals surface area (Å²) in [4.78, 5) is 16.4. The number of carbonyl (C=O) groups excluding carboxylic acids is 1. The van der Waals surface area contributed by atoms with E-state index in [0.29, 0.717) is 17.1 Å². The van der Waals surface area contributed by atoms with Gasteiger partial charge < -0.3 is 9.84 Å². The minimum atomic E-state index is -0.647. The van der Waals surface area contributed by atoms with E-state index in [9.17, 15) is 9.90 Å². The lowest BCUT2D eigenvalue weighted by Gasteiger charge is -2.08. The molecule has 2 aromatic rings. The molecule has 1 N–H and O–H groups in total. The summed E-state index contributed by atoms with van der Waals surface area (Å²) in [5.41, 5.74) is 1.32. The average molecular weight is 344 g/mol. The summed E-state index contributed by atoms with van der Waals surface area (Å²) >= 11 is 6.08. The van der Waals surface area contributed by atoms with Gasteiger partial charge in [0.05, 0.1) is 18.2 Å². The minimum absolute atomic E-state index is 0.0270. The lowest BCUT2D eigenvalue weighted by molar-refractivity contribution is -0.137. The number of halogens is 1. The highest BCUT2D eigenvalue weighted by molar-refractivity contribution is 6.32. The lowest BCUT2D eigenvalue weighted by Crippen LogP contribution is -2.11. The van der Waals surface area contributed by atoms with Gasteiger partial charge in [-0.25, -0.2) is 4.79 Å². The number of esters is 1. The number of benzene rings is 2. The lowest BCUT2D eigenvalue weighted by atomic mass is 10.1. The molecule has 0 heterocycles. The maximum absolute atomic E-state index is 12.1. The van der Waals surface area contributed by atoms with E-state index in [2.05, 4.69) is 4.99 Å². The third kappa shape index (κ3) is 4.70. The number of aliphatic imine (C=N–C) groups is 1. The summed E-state index contributed by atoms with van der Waals surface area (Å²) in [5, 5.41) is 10.8. The van der Waals surface area contributed by atoms with Gasteiger partial charge in [0.2, 0.25) is 0 Å². The van der Waals surface area contributed by atoms with Crippen LogP contribution in [0.25, 0.3) is 5.76 Å². The van der Waals surface area contributed by atoms with Gasteiger partial charge in [0.15, 0.2) is 0 Å². The number of nitrogens with zero attached hydrogens (tertiary/aromatic N) is 1. The molecular weight excluding hydrogens is 326 g/mol. The minimum Gasteiger partial charge on any atom is -0.506 e. The molecule has 124 valence electrons. The summed E-state index contributed by atoms with van der Waals surface area (Å²) in [6, 6.07) is 16.3. The van der Waals surface area contributed by atoms with E-state index in [0.717, 1.165) is 5.56 Å². The Morgan fingerprint density at radius 1 is 1.17 bits per heavy atom. The summed E-state index contributed by atoms with van der Waals surface area (Å²) in [6.07, 6.45) is 1.32. The zero-order valence-electron chi connectivity index (χ0n) is 13.3. The van der Waals surface area contributed by atoms with E-state index in [-0.39, 0.29) is 17.9 Å². The molecule has 0 aliphatic heterocycles. The molecule has 0 saturated carbocycles. The van der Waals surface area contributed by atoms with Crippen molar-refractivity contribution in [3.05, 3.63) is 76.3 Å². The van der Waals surface area contributed by atoms with Crippen molar-refractivity contribution in [1.82, 2.24) is 0 Å². The first kappa shape index (κ1) is 17.8. The van der Waals surface area contributed by atoms with Gasteiger partial charge in [0.1, 0.15) is 11.3 Å². The van der Waals surface area contributed by atoms with Crippen molar-refractivity contribution in [2.24, 2.45) is 4.99 Å². The predicted octanol–water partition coefficient (Wildman–Crippen LogP) is 4.44. The van der Waals surface area contributed by atoms with Crippen molar-refractivity contribution < 1.29 is 14.6 Å². The van der Waals surface area contributed by atoms with E-state index >= 15 is 0 Å². The number of aliphatic hydroxyl groups is 1. The monoisotopic (exact) mass is 343 g/mol. The van der Waals surface area contributed by atoms with Crippen LogP contribution >= 0.6 is 11.6 Å². The highest BCUT2D eigenvalue weighted by Gasteiger charge is 2.17.